The van der Waals surface area contributed by atoms with Crippen molar-refractivity contribution in [3.8, 4) is 11.3 Å². The Kier molecular flexibility index (Phi) is 5.29. The van der Waals surface area contributed by atoms with Gasteiger partial charge in [0.15, 0.2) is 0 Å². The maximum atomic E-state index is 13.4. The lowest BCUT2D eigenvalue weighted by atomic mass is 9.80. The summed E-state index contributed by atoms with van der Waals surface area (Å²) in [7, 11) is 0. The van der Waals surface area contributed by atoms with Crippen molar-refractivity contribution in [2.45, 2.75) is 18.2 Å². The zero-order valence-corrected chi connectivity index (χ0v) is 13.5. The van der Waals surface area contributed by atoms with Gasteiger partial charge in [0.1, 0.15) is 36.5 Å². The molecule has 1 aliphatic rings. The minimum absolute atomic E-state index is 0.341. The molecule has 0 aliphatic carbocycles. The summed E-state index contributed by atoms with van der Waals surface area (Å²) < 4.78 is 20.1. The number of rotatable bonds is 6. The quantitative estimate of drug-likeness (QED) is 0.732. The summed E-state index contributed by atoms with van der Waals surface area (Å²) in [6.45, 7) is -0.499. The van der Waals surface area contributed by atoms with Crippen molar-refractivity contribution in [2.24, 2.45) is 11.8 Å². The van der Waals surface area contributed by atoms with Crippen LogP contribution in [0.4, 0.5) is 4.39 Å². The molecule has 5 atom stereocenters. The van der Waals surface area contributed by atoms with Crippen LogP contribution in [-0.4, -0.2) is 57.8 Å². The van der Waals surface area contributed by atoms with Gasteiger partial charge in [0.05, 0.1) is 36.8 Å². The van der Waals surface area contributed by atoms with Crippen molar-refractivity contribution in [1.29, 1.82) is 0 Å². The number of carbonyl (C=O) groups excluding carboxylic acids is 3. The second-order valence-corrected chi connectivity index (χ2v) is 5.97. The number of aliphatic hydroxyl groups is 1. The lowest BCUT2D eigenvalue weighted by Gasteiger charge is -2.40. The molecule has 136 valence electrons. The standard InChI is InChI=1S/C17H16FN3O5/c18-11-3-1-2-10(4-11)14-5-21(20-19-14)17-12(6-22)15(8-24)26-16(9-25)13(17)7-23/h1-8,12-13,15-17,25H,9H2/t12-,13-,15?,16-,17+/m0/s1. The molecule has 1 unspecified atom stereocenters. The number of aldehydes is 3. The van der Waals surface area contributed by atoms with Crippen LogP contribution in [0.25, 0.3) is 11.3 Å². The summed E-state index contributed by atoms with van der Waals surface area (Å²) in [5.41, 5.74) is 0.813. The van der Waals surface area contributed by atoms with Crippen LogP contribution in [0.15, 0.2) is 30.5 Å². The molecule has 2 heterocycles. The van der Waals surface area contributed by atoms with Crippen LogP contribution < -0.4 is 0 Å². The van der Waals surface area contributed by atoms with E-state index in [9.17, 15) is 23.9 Å². The third-order valence-corrected chi connectivity index (χ3v) is 4.49. The topological polar surface area (TPSA) is 111 Å². The minimum Gasteiger partial charge on any atom is -0.394 e. The molecule has 1 N–H and O–H groups in total. The van der Waals surface area contributed by atoms with Crippen molar-refractivity contribution in [1.82, 2.24) is 15.0 Å². The van der Waals surface area contributed by atoms with Crippen molar-refractivity contribution < 1.29 is 28.6 Å². The van der Waals surface area contributed by atoms with Crippen LogP contribution in [0.5, 0.6) is 0 Å². The van der Waals surface area contributed by atoms with Gasteiger partial charge in [-0.2, -0.15) is 0 Å². The lowest BCUT2D eigenvalue weighted by molar-refractivity contribution is -0.167. The second kappa shape index (κ2) is 7.63. The van der Waals surface area contributed by atoms with E-state index >= 15 is 0 Å². The van der Waals surface area contributed by atoms with E-state index in [0.29, 0.717) is 30.1 Å². The van der Waals surface area contributed by atoms with E-state index in [1.165, 1.54) is 29.1 Å². The highest BCUT2D eigenvalue weighted by Gasteiger charge is 2.47. The van der Waals surface area contributed by atoms with Gasteiger partial charge < -0.3 is 24.2 Å². The van der Waals surface area contributed by atoms with E-state index in [1.807, 2.05) is 0 Å². The smallest absolute Gasteiger partial charge is 0.149 e. The van der Waals surface area contributed by atoms with E-state index < -0.39 is 42.5 Å². The molecule has 0 radical (unpaired) electrons. The van der Waals surface area contributed by atoms with Gasteiger partial charge in [0.2, 0.25) is 0 Å². The van der Waals surface area contributed by atoms with Crippen LogP contribution >= 0.6 is 0 Å². The first-order valence-corrected chi connectivity index (χ1v) is 7.93. The third-order valence-electron chi connectivity index (χ3n) is 4.49. The van der Waals surface area contributed by atoms with Crippen LogP contribution in [0.2, 0.25) is 0 Å². The first-order valence-electron chi connectivity index (χ1n) is 7.93. The summed E-state index contributed by atoms with van der Waals surface area (Å²) in [5.74, 6) is -2.33. The maximum Gasteiger partial charge on any atom is 0.149 e. The zero-order valence-electron chi connectivity index (χ0n) is 13.5. The average molecular weight is 361 g/mol. The van der Waals surface area contributed by atoms with E-state index in [-0.39, 0.29) is 0 Å². The molecule has 9 heteroatoms. The summed E-state index contributed by atoms with van der Waals surface area (Å²) in [6, 6.07) is 4.86. The molecule has 3 rings (SSSR count). The van der Waals surface area contributed by atoms with Gasteiger partial charge in [-0.15, -0.1) is 5.10 Å². The zero-order chi connectivity index (χ0) is 18.7. The highest BCUT2D eigenvalue weighted by atomic mass is 19.1. The molecule has 2 aromatic rings. The molecule has 1 fully saturated rings. The number of aromatic nitrogens is 3. The van der Waals surface area contributed by atoms with E-state index in [0.717, 1.165) is 0 Å². The molecular weight excluding hydrogens is 345 g/mol. The number of carbonyl (C=O) groups is 3. The number of hydrogen-bond donors (Lipinski definition) is 1. The van der Waals surface area contributed by atoms with Crippen molar-refractivity contribution in [3.05, 3.63) is 36.3 Å². The molecule has 1 aliphatic heterocycles. The molecule has 0 bridgehead atoms. The van der Waals surface area contributed by atoms with Gasteiger partial charge in [0, 0.05) is 5.56 Å². The van der Waals surface area contributed by atoms with Crippen LogP contribution in [0.1, 0.15) is 6.04 Å². The Hall–Kier alpha value is -2.78. The number of aliphatic hydroxyl groups excluding tert-OH is 1. The van der Waals surface area contributed by atoms with Gasteiger partial charge in [-0.05, 0) is 12.1 Å². The van der Waals surface area contributed by atoms with E-state index in [1.54, 1.807) is 6.07 Å². The fourth-order valence-corrected chi connectivity index (χ4v) is 3.22. The predicted octanol–water partition coefficient (Wildman–Crippen LogP) is 0.214. The highest BCUT2D eigenvalue weighted by molar-refractivity contribution is 5.70. The fourth-order valence-electron chi connectivity index (χ4n) is 3.22. The largest absolute Gasteiger partial charge is 0.394 e. The first-order chi connectivity index (χ1) is 12.6. The van der Waals surface area contributed by atoms with Crippen molar-refractivity contribution in [2.75, 3.05) is 6.61 Å². The summed E-state index contributed by atoms with van der Waals surface area (Å²) >= 11 is 0. The van der Waals surface area contributed by atoms with E-state index in [4.69, 9.17) is 4.74 Å². The van der Waals surface area contributed by atoms with Gasteiger partial charge in [0.25, 0.3) is 0 Å². The fraction of sp³-hybridized carbons (Fsp3) is 0.353. The Balaban J connectivity index is 2.02. The Morgan fingerprint density at radius 2 is 1.96 bits per heavy atom. The Morgan fingerprint density at radius 3 is 2.58 bits per heavy atom. The van der Waals surface area contributed by atoms with Gasteiger partial charge in [-0.25, -0.2) is 9.07 Å². The van der Waals surface area contributed by atoms with Gasteiger partial charge in [-0.3, -0.25) is 0 Å². The molecular formula is C17H16FN3O5. The summed E-state index contributed by atoms with van der Waals surface area (Å²) in [5, 5.41) is 17.4. The molecule has 26 heavy (non-hydrogen) atoms. The van der Waals surface area contributed by atoms with Gasteiger partial charge >= 0.3 is 0 Å². The monoisotopic (exact) mass is 361 g/mol. The number of halogens is 1. The Labute approximate surface area is 147 Å². The van der Waals surface area contributed by atoms with Crippen LogP contribution in [0.3, 0.4) is 0 Å². The SMILES string of the molecule is O=CC1O[C@@H](CO)[C@H](C=O)[C@H](n2cc(-c3cccc(F)c3)nn2)[C@H]1C=O. The number of benzene rings is 1. The molecule has 0 saturated carbocycles. The van der Waals surface area contributed by atoms with Gasteiger partial charge in [-0.1, -0.05) is 17.3 Å². The normalized spacial score (nSPS) is 28.5. The third kappa shape index (κ3) is 3.18. The average Bonchev–Trinajstić information content (AvgIpc) is 3.15. The minimum atomic E-state index is -1.12. The lowest BCUT2D eigenvalue weighted by Crippen LogP contribution is -2.51. The van der Waals surface area contributed by atoms with Crippen LogP contribution in [0, 0.1) is 17.7 Å². The molecule has 1 aromatic heterocycles. The number of ether oxygens (including phenoxy) is 1. The molecule has 0 spiro atoms. The maximum absolute atomic E-state index is 13.4. The van der Waals surface area contributed by atoms with Crippen molar-refractivity contribution >= 4 is 18.9 Å². The molecule has 1 aromatic carbocycles. The number of nitrogens with zero attached hydrogens (tertiary/aromatic N) is 3. The van der Waals surface area contributed by atoms with Crippen molar-refractivity contribution in [3.63, 3.8) is 0 Å². The Bertz CT molecular complexity index is 811. The summed E-state index contributed by atoms with van der Waals surface area (Å²) in [6.07, 6.45) is 0.941. The summed E-state index contributed by atoms with van der Waals surface area (Å²) in [4.78, 5) is 34.4. The molecule has 1 saturated heterocycles. The molecule has 8 nitrogen and oxygen atoms in total. The highest BCUT2D eigenvalue weighted by Crippen LogP contribution is 2.37. The van der Waals surface area contributed by atoms with E-state index in [2.05, 4.69) is 10.3 Å². The number of hydrogen-bond acceptors (Lipinski definition) is 7. The Morgan fingerprint density at radius 1 is 1.19 bits per heavy atom. The second-order valence-electron chi connectivity index (χ2n) is 5.97. The molecule has 0 amide bonds. The van der Waals surface area contributed by atoms with Crippen LogP contribution in [-0.2, 0) is 19.1 Å². The predicted molar refractivity (Wildman–Crippen MR) is 85.4 cm³/mol. The first kappa shape index (κ1) is 18.0.